The molecule has 0 fully saturated rings. The molecule has 2 heteroatoms. The van der Waals surface area contributed by atoms with Gasteiger partial charge in [-0.05, 0) is 107 Å². The molecule has 12 aromatic rings. The number of rotatable bonds is 6. The van der Waals surface area contributed by atoms with Gasteiger partial charge in [-0.2, -0.15) is 0 Å². The molecule has 2 nitrogen and oxygen atoms in total. The molecule has 11 aromatic carbocycles. The molecule has 1 heterocycles. The topological polar surface area (TPSA) is 16.4 Å². The third kappa shape index (κ3) is 5.50. The highest BCUT2D eigenvalue weighted by Gasteiger charge is 2.22. The lowest BCUT2D eigenvalue weighted by Crippen LogP contribution is -2.11. The van der Waals surface area contributed by atoms with Crippen LogP contribution in [-0.2, 0) is 0 Å². The Bertz CT molecular complexity index is 3600. The van der Waals surface area contributed by atoms with Gasteiger partial charge in [-0.25, -0.2) is 0 Å². The summed E-state index contributed by atoms with van der Waals surface area (Å²) in [7, 11) is 0. The van der Waals surface area contributed by atoms with Crippen molar-refractivity contribution in [3.63, 3.8) is 0 Å². The van der Waals surface area contributed by atoms with Crippen LogP contribution in [-0.4, -0.2) is 0 Å². The van der Waals surface area contributed by atoms with Crippen LogP contribution < -0.4 is 4.90 Å². The second kappa shape index (κ2) is 13.9. The van der Waals surface area contributed by atoms with E-state index in [9.17, 15) is 0 Å². The molecule has 0 atom stereocenters. The Morgan fingerprint density at radius 1 is 0.267 bits per heavy atom. The number of benzene rings is 11. The van der Waals surface area contributed by atoms with Crippen molar-refractivity contribution in [1.29, 1.82) is 0 Å². The van der Waals surface area contributed by atoms with Gasteiger partial charge in [0, 0.05) is 16.6 Å². The molecule has 280 valence electrons. The van der Waals surface area contributed by atoms with Crippen molar-refractivity contribution >= 4 is 82.1 Å². The van der Waals surface area contributed by atoms with Gasteiger partial charge >= 0.3 is 0 Å². The van der Waals surface area contributed by atoms with Crippen molar-refractivity contribution in [2.75, 3.05) is 4.90 Å². The average Bonchev–Trinajstić information content (AvgIpc) is 3.71. The summed E-state index contributed by atoms with van der Waals surface area (Å²) in [6, 6.07) is 81.3. The molecule has 0 radical (unpaired) electrons. The Hall–Kier alpha value is -7.94. The zero-order valence-corrected chi connectivity index (χ0v) is 32.7. The molecule has 0 N–H and O–H groups in total. The Labute approximate surface area is 347 Å². The fourth-order valence-corrected chi connectivity index (χ4v) is 9.47. The molecule has 0 bridgehead atoms. The van der Waals surface area contributed by atoms with Gasteiger partial charge in [0.15, 0.2) is 0 Å². The van der Waals surface area contributed by atoms with Gasteiger partial charge < -0.3 is 9.32 Å². The van der Waals surface area contributed by atoms with Crippen LogP contribution in [0.15, 0.2) is 229 Å². The van der Waals surface area contributed by atoms with Gasteiger partial charge in [0.2, 0.25) is 0 Å². The number of hydrogen-bond donors (Lipinski definition) is 0. The highest BCUT2D eigenvalue weighted by molar-refractivity contribution is 6.15. The van der Waals surface area contributed by atoms with E-state index in [1.165, 1.54) is 65.3 Å². The van der Waals surface area contributed by atoms with Crippen LogP contribution in [0.3, 0.4) is 0 Å². The van der Waals surface area contributed by atoms with E-state index in [1.54, 1.807) is 0 Å². The number of furan rings is 1. The van der Waals surface area contributed by atoms with E-state index in [1.807, 2.05) is 6.07 Å². The van der Waals surface area contributed by atoms with Gasteiger partial charge in [-0.3, -0.25) is 0 Å². The third-order valence-corrected chi connectivity index (χ3v) is 12.3. The maximum absolute atomic E-state index is 6.46. The molecule has 0 aliphatic heterocycles. The minimum Gasteiger partial charge on any atom is -0.456 e. The fraction of sp³-hybridized carbons (Fsp3) is 0. The maximum Gasteiger partial charge on any atom is 0.137 e. The van der Waals surface area contributed by atoms with Crippen molar-refractivity contribution in [1.82, 2.24) is 0 Å². The van der Waals surface area contributed by atoms with E-state index in [-0.39, 0.29) is 0 Å². The van der Waals surface area contributed by atoms with Crippen molar-refractivity contribution in [2.45, 2.75) is 0 Å². The van der Waals surface area contributed by atoms with Crippen LogP contribution in [0, 0.1) is 0 Å². The predicted molar refractivity (Wildman–Crippen MR) is 255 cm³/mol. The first-order valence-corrected chi connectivity index (χ1v) is 20.6. The van der Waals surface area contributed by atoms with Crippen molar-refractivity contribution in [2.24, 2.45) is 0 Å². The summed E-state index contributed by atoms with van der Waals surface area (Å²) < 4.78 is 6.46. The quantitative estimate of drug-likeness (QED) is 0.157. The van der Waals surface area contributed by atoms with Crippen molar-refractivity contribution in [3.05, 3.63) is 224 Å². The largest absolute Gasteiger partial charge is 0.456 e. The maximum atomic E-state index is 6.46. The Morgan fingerprint density at radius 2 is 0.717 bits per heavy atom. The van der Waals surface area contributed by atoms with Crippen molar-refractivity contribution < 1.29 is 4.42 Å². The first-order valence-electron chi connectivity index (χ1n) is 20.6. The van der Waals surface area contributed by atoms with Gasteiger partial charge in [0.05, 0.1) is 16.8 Å². The lowest BCUT2D eigenvalue weighted by atomic mass is 9.93. The van der Waals surface area contributed by atoms with E-state index >= 15 is 0 Å². The zero-order valence-electron chi connectivity index (χ0n) is 32.7. The Balaban J connectivity index is 1.00. The summed E-state index contributed by atoms with van der Waals surface area (Å²) in [4.78, 5) is 2.41. The normalized spacial score (nSPS) is 11.7. The first-order chi connectivity index (χ1) is 29.8. The SMILES string of the molecule is c1ccc(N(c2ccc(-c3cccc4c3ccc3ccccc34)cc2)c2cccc3oc4ccccc4c23)c(-c2ccc(-c3cccc4c3ccc3ccccc34)cc2)c1. The summed E-state index contributed by atoms with van der Waals surface area (Å²) in [5.41, 5.74) is 12.1. The van der Waals surface area contributed by atoms with Crippen LogP contribution in [0.4, 0.5) is 17.1 Å². The van der Waals surface area contributed by atoms with E-state index in [2.05, 4.69) is 223 Å². The van der Waals surface area contributed by atoms with Crippen LogP contribution in [0.5, 0.6) is 0 Å². The number of hydrogen-bond acceptors (Lipinski definition) is 2. The summed E-state index contributed by atoms with van der Waals surface area (Å²) >= 11 is 0. The Kier molecular flexibility index (Phi) is 7.89. The lowest BCUT2D eigenvalue weighted by Gasteiger charge is -2.28. The molecule has 12 rings (SSSR count). The lowest BCUT2D eigenvalue weighted by molar-refractivity contribution is 0.669. The minimum absolute atomic E-state index is 0.864. The number of para-hydroxylation sites is 2. The molecular weight excluding hydrogens is 727 g/mol. The first kappa shape index (κ1) is 34.1. The highest BCUT2D eigenvalue weighted by Crippen LogP contribution is 2.47. The number of anilines is 3. The molecule has 0 spiro atoms. The van der Waals surface area contributed by atoms with Gasteiger partial charge in [0.25, 0.3) is 0 Å². The zero-order chi connectivity index (χ0) is 39.6. The van der Waals surface area contributed by atoms with E-state index < -0.39 is 0 Å². The summed E-state index contributed by atoms with van der Waals surface area (Å²) in [6.45, 7) is 0. The molecule has 1 aromatic heterocycles. The fourth-order valence-electron chi connectivity index (χ4n) is 9.47. The third-order valence-electron chi connectivity index (χ3n) is 12.3. The molecule has 0 saturated carbocycles. The predicted octanol–water partition coefficient (Wildman–Crippen LogP) is 16.7. The van der Waals surface area contributed by atoms with Crippen LogP contribution in [0.2, 0.25) is 0 Å². The molecule has 0 saturated heterocycles. The summed E-state index contributed by atoms with van der Waals surface area (Å²) in [6.07, 6.45) is 0. The second-order valence-corrected chi connectivity index (χ2v) is 15.6. The molecule has 0 unspecified atom stereocenters. The minimum atomic E-state index is 0.864. The molecule has 0 aliphatic rings. The highest BCUT2D eigenvalue weighted by atomic mass is 16.3. The molecule has 60 heavy (non-hydrogen) atoms. The summed E-state index contributed by atoms with van der Waals surface area (Å²) in [5.74, 6) is 0. The monoisotopic (exact) mass is 763 g/mol. The molecule has 0 aliphatic carbocycles. The van der Waals surface area contributed by atoms with Gasteiger partial charge in [0.1, 0.15) is 11.2 Å². The summed E-state index contributed by atoms with van der Waals surface area (Å²) in [5, 5.41) is 12.3. The van der Waals surface area contributed by atoms with E-state index in [4.69, 9.17) is 4.42 Å². The van der Waals surface area contributed by atoms with E-state index in [0.29, 0.717) is 0 Å². The van der Waals surface area contributed by atoms with E-state index in [0.717, 1.165) is 50.1 Å². The Morgan fingerprint density at radius 3 is 1.37 bits per heavy atom. The number of nitrogens with zero attached hydrogens (tertiary/aromatic N) is 1. The van der Waals surface area contributed by atoms with Gasteiger partial charge in [-0.15, -0.1) is 0 Å². The van der Waals surface area contributed by atoms with Gasteiger partial charge in [-0.1, -0.05) is 188 Å². The molecular formula is C58H37NO. The second-order valence-electron chi connectivity index (χ2n) is 15.6. The van der Waals surface area contributed by atoms with Crippen molar-refractivity contribution in [3.8, 4) is 33.4 Å². The number of fused-ring (bicyclic) bond motifs is 9. The van der Waals surface area contributed by atoms with Crippen LogP contribution in [0.25, 0.3) is 98.4 Å². The standard InChI is InChI=1S/C58H37NO/c1-3-14-44-38(12-1)32-36-51-46(18-9-20-49(44)51)40-26-28-42(29-27-40)48-16-5-7-22-54(48)59(55-23-11-25-57-58(55)53-17-6-8-24-56(53)60-57)43-34-30-41(31-35-43)47-19-10-21-50-45-15-4-2-13-39(45)33-37-52(47)50/h1-37H. The average molecular weight is 764 g/mol. The molecule has 0 amide bonds. The van der Waals surface area contributed by atoms with Crippen LogP contribution in [0.1, 0.15) is 0 Å². The smallest absolute Gasteiger partial charge is 0.137 e. The van der Waals surface area contributed by atoms with Crippen LogP contribution >= 0.6 is 0 Å².